The topological polar surface area (TPSA) is 78.7 Å². The number of rotatable bonds is 4. The highest BCUT2D eigenvalue weighted by Gasteiger charge is 2.35. The average molecular weight is 417 g/mol. The number of hydrogen-bond acceptors (Lipinski definition) is 5. The van der Waals surface area contributed by atoms with Crippen LogP contribution in [0.3, 0.4) is 0 Å². The van der Waals surface area contributed by atoms with Gasteiger partial charge in [0.15, 0.2) is 0 Å². The lowest BCUT2D eigenvalue weighted by Gasteiger charge is -2.39. The number of likely N-dealkylation sites (tertiary alicyclic amines) is 2. The van der Waals surface area contributed by atoms with Gasteiger partial charge in [-0.15, -0.1) is 0 Å². The number of amides is 1. The second kappa shape index (κ2) is 9.18. The third-order valence-corrected chi connectivity index (χ3v) is 7.18. The lowest BCUT2D eigenvalue weighted by Crippen LogP contribution is -2.52. The minimum atomic E-state index is -0.813. The Labute approximate surface area is 179 Å². The molecule has 30 heavy (non-hydrogen) atoms. The molecule has 0 aromatic carbocycles. The number of aliphatic hydroxyl groups is 1. The van der Waals surface area contributed by atoms with Gasteiger partial charge in [0.25, 0.3) is 5.56 Å². The van der Waals surface area contributed by atoms with E-state index in [0.29, 0.717) is 25.6 Å². The van der Waals surface area contributed by atoms with Crippen molar-refractivity contribution in [3.05, 3.63) is 27.7 Å². The van der Waals surface area contributed by atoms with Crippen LogP contribution >= 0.6 is 0 Å². The first-order chi connectivity index (χ1) is 14.4. The fourth-order valence-corrected chi connectivity index (χ4v) is 5.39. The van der Waals surface area contributed by atoms with Crippen LogP contribution in [-0.2, 0) is 24.2 Å². The van der Waals surface area contributed by atoms with Crippen LogP contribution in [-0.4, -0.2) is 68.9 Å². The molecule has 0 spiro atoms. The molecule has 7 heteroatoms. The number of β-amino-alcohol motifs (C(OH)–C–C–N with tert-alkyl or cyclic N) is 1. The number of piperidine rings is 1. The lowest BCUT2D eigenvalue weighted by atomic mass is 9.92. The Morgan fingerprint density at radius 3 is 2.70 bits per heavy atom. The molecule has 1 aromatic rings. The van der Waals surface area contributed by atoms with Crippen molar-refractivity contribution in [3.63, 3.8) is 0 Å². The number of aryl methyl sites for hydroxylation is 2. The van der Waals surface area contributed by atoms with E-state index in [0.717, 1.165) is 82.3 Å². The average Bonchev–Trinajstić information content (AvgIpc) is 2.92. The van der Waals surface area contributed by atoms with Crippen molar-refractivity contribution in [3.8, 4) is 0 Å². The Bertz CT molecular complexity index is 815. The summed E-state index contributed by atoms with van der Waals surface area (Å²) in [5.41, 5.74) is 1.49. The Balaban J connectivity index is 1.32. The van der Waals surface area contributed by atoms with Gasteiger partial charge in [-0.3, -0.25) is 9.59 Å². The van der Waals surface area contributed by atoms with E-state index in [1.807, 2.05) is 0 Å². The van der Waals surface area contributed by atoms with E-state index in [1.165, 1.54) is 6.42 Å². The van der Waals surface area contributed by atoms with Gasteiger partial charge >= 0.3 is 0 Å². The van der Waals surface area contributed by atoms with Crippen LogP contribution in [0.15, 0.2) is 10.9 Å². The van der Waals surface area contributed by atoms with Crippen LogP contribution < -0.4 is 5.56 Å². The molecule has 166 valence electrons. The number of carbonyl (C=O) groups excluding carboxylic acids is 1. The van der Waals surface area contributed by atoms with E-state index in [4.69, 9.17) is 0 Å². The van der Waals surface area contributed by atoms with Crippen LogP contribution in [0.1, 0.15) is 63.1 Å². The zero-order valence-electron chi connectivity index (χ0n) is 18.3. The van der Waals surface area contributed by atoms with Crippen LogP contribution in [0.4, 0.5) is 0 Å². The molecule has 1 unspecified atom stereocenters. The quantitative estimate of drug-likeness (QED) is 0.807. The highest BCUT2D eigenvalue weighted by atomic mass is 16.3. The van der Waals surface area contributed by atoms with Crippen molar-refractivity contribution < 1.29 is 9.90 Å². The van der Waals surface area contributed by atoms with Gasteiger partial charge in [0.05, 0.1) is 17.8 Å². The molecule has 1 aliphatic carbocycles. The lowest BCUT2D eigenvalue weighted by molar-refractivity contribution is -0.132. The molecule has 0 radical (unpaired) electrons. The minimum Gasteiger partial charge on any atom is -0.387 e. The monoisotopic (exact) mass is 416 g/mol. The SMILES string of the molecule is CC(=O)N1CCCCC(O)(CN2CCC(Cn3nc4c(cc3=O)CCCC4)CC2)C1. The van der Waals surface area contributed by atoms with E-state index in [1.54, 1.807) is 22.6 Å². The predicted molar refractivity (Wildman–Crippen MR) is 115 cm³/mol. The largest absolute Gasteiger partial charge is 0.387 e. The normalized spacial score (nSPS) is 26.3. The molecule has 1 aromatic heterocycles. The van der Waals surface area contributed by atoms with Crippen molar-refractivity contribution in [2.24, 2.45) is 5.92 Å². The molecular weight excluding hydrogens is 380 g/mol. The summed E-state index contributed by atoms with van der Waals surface area (Å²) in [6.45, 7) is 5.95. The Hall–Kier alpha value is -1.73. The molecule has 1 N–H and O–H groups in total. The van der Waals surface area contributed by atoms with Gasteiger partial charge in [0.2, 0.25) is 5.91 Å². The van der Waals surface area contributed by atoms with Crippen molar-refractivity contribution >= 4 is 5.91 Å². The molecule has 2 saturated heterocycles. The standard InChI is InChI=1S/C23H36N4O3/c1-18(28)26-11-5-4-10-23(30,17-26)16-25-12-8-19(9-13-25)15-27-22(29)14-20-6-2-3-7-21(20)24-27/h14,19,30H,2-13,15-17H2,1H3. The van der Waals surface area contributed by atoms with E-state index >= 15 is 0 Å². The molecule has 7 nitrogen and oxygen atoms in total. The van der Waals surface area contributed by atoms with Crippen molar-refractivity contribution in [1.82, 2.24) is 19.6 Å². The Morgan fingerprint density at radius 2 is 1.93 bits per heavy atom. The second-order valence-corrected chi connectivity index (χ2v) is 9.69. The summed E-state index contributed by atoms with van der Waals surface area (Å²) in [5.74, 6) is 0.502. The van der Waals surface area contributed by atoms with Crippen molar-refractivity contribution in [2.45, 2.75) is 76.9 Å². The first-order valence-corrected chi connectivity index (χ1v) is 11.7. The summed E-state index contributed by atoms with van der Waals surface area (Å²) < 4.78 is 1.69. The summed E-state index contributed by atoms with van der Waals surface area (Å²) >= 11 is 0. The maximum absolute atomic E-state index is 12.5. The highest BCUT2D eigenvalue weighted by Crippen LogP contribution is 2.26. The van der Waals surface area contributed by atoms with Crippen LogP contribution in [0.25, 0.3) is 0 Å². The van der Waals surface area contributed by atoms with Crippen LogP contribution in [0, 0.1) is 5.92 Å². The first-order valence-electron chi connectivity index (χ1n) is 11.7. The number of aromatic nitrogens is 2. The van der Waals surface area contributed by atoms with Crippen molar-refractivity contribution in [1.29, 1.82) is 0 Å². The molecule has 3 aliphatic rings. The number of fused-ring (bicyclic) bond motifs is 1. The summed E-state index contributed by atoms with van der Waals surface area (Å²) in [5, 5.41) is 15.9. The van der Waals surface area contributed by atoms with E-state index in [9.17, 15) is 14.7 Å². The summed E-state index contributed by atoms with van der Waals surface area (Å²) in [6, 6.07) is 1.80. The van der Waals surface area contributed by atoms with Gasteiger partial charge in [-0.05, 0) is 82.4 Å². The third kappa shape index (κ3) is 5.11. The minimum absolute atomic E-state index is 0.0372. The third-order valence-electron chi connectivity index (χ3n) is 7.18. The smallest absolute Gasteiger partial charge is 0.267 e. The van der Waals surface area contributed by atoms with Crippen LogP contribution in [0.2, 0.25) is 0 Å². The van der Waals surface area contributed by atoms with Gasteiger partial charge in [-0.2, -0.15) is 5.10 Å². The molecule has 4 rings (SSSR count). The Morgan fingerprint density at radius 1 is 1.17 bits per heavy atom. The molecule has 1 atom stereocenters. The molecule has 2 fully saturated rings. The fourth-order valence-electron chi connectivity index (χ4n) is 5.39. The zero-order chi connectivity index (χ0) is 21.1. The highest BCUT2D eigenvalue weighted by molar-refractivity contribution is 5.73. The fraction of sp³-hybridized carbons (Fsp3) is 0.783. The molecule has 3 heterocycles. The van der Waals surface area contributed by atoms with E-state index in [2.05, 4.69) is 10.00 Å². The van der Waals surface area contributed by atoms with E-state index < -0.39 is 5.60 Å². The predicted octanol–water partition coefficient (Wildman–Crippen LogP) is 1.60. The van der Waals surface area contributed by atoms with Gasteiger partial charge in [0.1, 0.15) is 0 Å². The molecule has 0 bridgehead atoms. The van der Waals surface area contributed by atoms with Crippen LogP contribution in [0.5, 0.6) is 0 Å². The summed E-state index contributed by atoms with van der Waals surface area (Å²) in [6.07, 6.45) is 9.01. The van der Waals surface area contributed by atoms with Gasteiger partial charge < -0.3 is 14.9 Å². The zero-order valence-corrected chi connectivity index (χ0v) is 18.3. The summed E-state index contributed by atoms with van der Waals surface area (Å²) in [7, 11) is 0. The maximum Gasteiger partial charge on any atom is 0.267 e. The Kier molecular flexibility index (Phi) is 6.58. The summed E-state index contributed by atoms with van der Waals surface area (Å²) in [4.78, 5) is 28.4. The second-order valence-electron chi connectivity index (χ2n) is 9.69. The molecule has 0 saturated carbocycles. The van der Waals surface area contributed by atoms with Gasteiger partial charge in [-0.25, -0.2) is 4.68 Å². The maximum atomic E-state index is 12.5. The van der Waals surface area contributed by atoms with E-state index in [-0.39, 0.29) is 11.5 Å². The number of hydrogen-bond donors (Lipinski definition) is 1. The molecule has 1 amide bonds. The molecular formula is C23H36N4O3. The number of nitrogens with zero attached hydrogens (tertiary/aromatic N) is 4. The van der Waals surface area contributed by atoms with Crippen molar-refractivity contribution in [2.75, 3.05) is 32.7 Å². The van der Waals surface area contributed by atoms with Gasteiger partial charge in [0, 0.05) is 32.6 Å². The molecule has 2 aliphatic heterocycles. The number of carbonyl (C=O) groups is 1. The first kappa shape index (κ1) is 21.5. The van der Waals surface area contributed by atoms with Gasteiger partial charge in [-0.1, -0.05) is 0 Å².